The van der Waals surface area contributed by atoms with Crippen LogP contribution >= 0.6 is 0 Å². The molecule has 160 valence electrons. The van der Waals surface area contributed by atoms with Gasteiger partial charge in [-0.05, 0) is 0 Å². The molecule has 0 bridgehead atoms. The second kappa shape index (κ2) is 6.26. The Bertz CT molecular complexity index is 1750. The van der Waals surface area contributed by atoms with Crippen LogP contribution in [0.2, 0.25) is 17.3 Å². The number of nitrogens with zero attached hydrogens (tertiary/aromatic N) is 2. The van der Waals surface area contributed by atoms with Crippen LogP contribution in [0, 0.1) is 27.7 Å². The van der Waals surface area contributed by atoms with Crippen LogP contribution in [0.1, 0.15) is 22.3 Å². The van der Waals surface area contributed by atoms with Crippen molar-refractivity contribution in [1.82, 2.24) is 4.40 Å². The third-order valence-electron chi connectivity index (χ3n) is 7.68. The summed E-state index contributed by atoms with van der Waals surface area (Å²) in [6.45, 7) is 9.11. The Morgan fingerprint density at radius 1 is 0.750 bits per heavy atom. The fraction of sp³-hybridized carbons (Fsp3) is 0.276. The molecule has 0 saturated carbocycles. The van der Waals surface area contributed by atoms with E-state index in [-0.39, 0.29) is 0 Å². The number of fused-ring (bicyclic) bond motifs is 5. The molecule has 0 saturated heterocycles. The van der Waals surface area contributed by atoms with Gasteiger partial charge in [0, 0.05) is 0 Å². The first-order valence-corrected chi connectivity index (χ1v) is 19.0. The molecule has 3 heteroatoms. The molecular weight excluding hydrogens is 449 g/mol. The summed E-state index contributed by atoms with van der Waals surface area (Å²) in [5.41, 5.74) is 11.0. The fourth-order valence-electron chi connectivity index (χ4n) is 5.78. The predicted octanol–water partition coefficient (Wildman–Crippen LogP) is 6.59. The summed E-state index contributed by atoms with van der Waals surface area (Å²) in [6, 6.07) is 14.3. The molecule has 0 N–H and O–H groups in total. The van der Waals surface area contributed by atoms with Gasteiger partial charge in [-0.2, -0.15) is 0 Å². The van der Waals surface area contributed by atoms with E-state index >= 15 is 0 Å². The Hall–Kier alpha value is -2.59. The molecule has 0 aliphatic heterocycles. The van der Waals surface area contributed by atoms with Crippen molar-refractivity contribution < 1.29 is 4.57 Å². The van der Waals surface area contributed by atoms with E-state index in [1.807, 2.05) is 0 Å². The van der Waals surface area contributed by atoms with Gasteiger partial charge in [0.25, 0.3) is 0 Å². The van der Waals surface area contributed by atoms with Crippen LogP contribution in [-0.2, 0) is 7.05 Å². The summed E-state index contributed by atoms with van der Waals surface area (Å²) in [4.78, 5) is 0. The molecule has 0 aliphatic carbocycles. The van der Waals surface area contributed by atoms with Crippen molar-refractivity contribution in [3.8, 4) is 0 Å². The van der Waals surface area contributed by atoms with Crippen LogP contribution in [0.15, 0.2) is 42.6 Å². The van der Waals surface area contributed by atoms with Crippen LogP contribution < -0.4 is 8.96 Å². The minimum atomic E-state index is -2.04. The molecule has 0 fully saturated rings. The number of pyridine rings is 2. The van der Waals surface area contributed by atoms with Gasteiger partial charge in [-0.1, -0.05) is 0 Å². The second-order valence-corrected chi connectivity index (χ2v) is 21.5. The van der Waals surface area contributed by atoms with Crippen LogP contribution in [0.4, 0.5) is 0 Å². The number of aryl methyl sites for hydroxylation is 5. The van der Waals surface area contributed by atoms with Gasteiger partial charge in [-0.25, -0.2) is 0 Å². The molecule has 32 heavy (non-hydrogen) atoms. The van der Waals surface area contributed by atoms with Gasteiger partial charge in [-0.3, -0.25) is 0 Å². The topological polar surface area (TPSA) is 8.29 Å². The molecule has 0 spiro atoms. The third-order valence-corrected chi connectivity index (χ3v) is 11.9. The van der Waals surface area contributed by atoms with Crippen LogP contribution in [0.3, 0.4) is 0 Å². The number of hydrogen-bond donors (Lipinski definition) is 0. The van der Waals surface area contributed by atoms with Gasteiger partial charge in [0.15, 0.2) is 0 Å². The third kappa shape index (κ3) is 2.39. The zero-order valence-electron chi connectivity index (χ0n) is 20.4. The number of benzene rings is 3. The van der Waals surface area contributed by atoms with Crippen molar-refractivity contribution in [1.29, 1.82) is 0 Å². The van der Waals surface area contributed by atoms with Gasteiger partial charge in [0.2, 0.25) is 0 Å². The van der Waals surface area contributed by atoms with Crippen molar-refractivity contribution in [3.05, 3.63) is 64.8 Å². The number of hydrogen-bond acceptors (Lipinski definition) is 0. The summed E-state index contributed by atoms with van der Waals surface area (Å²) < 4.78 is 6.52. The van der Waals surface area contributed by atoms with Crippen molar-refractivity contribution in [3.63, 3.8) is 0 Å². The zero-order valence-corrected chi connectivity index (χ0v) is 22.5. The van der Waals surface area contributed by atoms with Crippen molar-refractivity contribution in [2.45, 2.75) is 45.0 Å². The first kappa shape index (κ1) is 20.1. The maximum absolute atomic E-state index is 2.61. The number of rotatable bonds is 1. The maximum atomic E-state index is 2.61. The molecular formula is C29H31GeN2+. The molecule has 0 aliphatic rings. The molecule has 3 aromatic heterocycles. The van der Waals surface area contributed by atoms with Crippen molar-refractivity contribution >= 4 is 66.7 Å². The van der Waals surface area contributed by atoms with E-state index < -0.39 is 13.3 Å². The van der Waals surface area contributed by atoms with E-state index in [1.165, 1.54) is 71.3 Å². The first-order chi connectivity index (χ1) is 15.1. The Morgan fingerprint density at radius 2 is 1.47 bits per heavy atom. The molecule has 6 rings (SSSR count). The predicted molar refractivity (Wildman–Crippen MR) is 142 cm³/mol. The number of aromatic nitrogens is 2. The summed E-state index contributed by atoms with van der Waals surface area (Å²) in [5.74, 6) is 7.50. The standard InChI is InChI=1S/C29H31GeN2/c1-16-9-10-17(2)27-24(16)22-13-18(3)19(4)25-28(22)32(27)23-15-21(30(5,6)7)14-20-11-12-31(8)29(25)26(20)23/h9-15H,1-8H3/q+1. The van der Waals surface area contributed by atoms with Crippen molar-refractivity contribution in [2.75, 3.05) is 0 Å². The van der Waals surface area contributed by atoms with E-state index in [1.54, 1.807) is 4.40 Å². The summed E-state index contributed by atoms with van der Waals surface area (Å²) >= 11 is -2.04. The minimum absolute atomic E-state index is 1.35. The summed E-state index contributed by atoms with van der Waals surface area (Å²) in [6.07, 6.45) is 2.25. The first-order valence-electron chi connectivity index (χ1n) is 11.6. The van der Waals surface area contributed by atoms with Gasteiger partial charge in [0.1, 0.15) is 0 Å². The van der Waals surface area contributed by atoms with E-state index in [0.29, 0.717) is 0 Å². The van der Waals surface area contributed by atoms with Crippen LogP contribution in [-0.4, -0.2) is 17.7 Å². The Labute approximate surface area is 192 Å². The van der Waals surface area contributed by atoms with E-state index in [4.69, 9.17) is 0 Å². The monoisotopic (exact) mass is 481 g/mol. The van der Waals surface area contributed by atoms with Gasteiger partial charge in [-0.15, -0.1) is 0 Å². The Morgan fingerprint density at radius 3 is 2.19 bits per heavy atom. The fourth-order valence-corrected chi connectivity index (χ4v) is 8.21. The molecule has 3 aromatic carbocycles. The molecule has 0 atom stereocenters. The molecule has 6 aromatic rings. The molecule has 0 amide bonds. The average Bonchev–Trinajstić information content (AvgIpc) is 3.07. The molecule has 0 unspecified atom stereocenters. The van der Waals surface area contributed by atoms with Crippen LogP contribution in [0.5, 0.6) is 0 Å². The molecule has 3 heterocycles. The Kier molecular flexibility index (Phi) is 3.92. The van der Waals surface area contributed by atoms with Crippen molar-refractivity contribution in [2.24, 2.45) is 7.05 Å². The van der Waals surface area contributed by atoms with E-state index in [9.17, 15) is 0 Å². The average molecular weight is 480 g/mol. The van der Waals surface area contributed by atoms with Gasteiger partial charge < -0.3 is 0 Å². The normalized spacial score (nSPS) is 13.0. The Balaban J connectivity index is 2.12. The summed E-state index contributed by atoms with van der Waals surface area (Å²) in [5, 5.41) is 6.98. The second-order valence-electron chi connectivity index (χ2n) is 10.8. The molecule has 2 nitrogen and oxygen atoms in total. The summed E-state index contributed by atoms with van der Waals surface area (Å²) in [7, 11) is 2.20. The zero-order chi connectivity index (χ0) is 22.7. The van der Waals surface area contributed by atoms with Gasteiger partial charge in [0.05, 0.1) is 0 Å². The van der Waals surface area contributed by atoms with E-state index in [2.05, 4.69) is 104 Å². The quantitative estimate of drug-likeness (QED) is 0.109. The van der Waals surface area contributed by atoms with E-state index in [0.717, 1.165) is 0 Å². The molecule has 0 radical (unpaired) electrons. The van der Waals surface area contributed by atoms with Gasteiger partial charge >= 0.3 is 192 Å². The SMILES string of the molecule is Cc1cc2c3c(C)ccc(C)c3n3c4c[c]([Ge]([CH3])([CH3])[CH3])cc5cc[n+](C)c(c(c1C)c23)c54. The van der Waals surface area contributed by atoms with Crippen LogP contribution in [0.25, 0.3) is 49.0 Å².